The maximum atomic E-state index is 12.5. The van der Waals surface area contributed by atoms with Gasteiger partial charge in [-0.3, -0.25) is 14.5 Å². The van der Waals surface area contributed by atoms with Crippen molar-refractivity contribution in [2.24, 2.45) is 4.99 Å². The summed E-state index contributed by atoms with van der Waals surface area (Å²) in [5.74, 6) is 2.71. The number of furan rings is 1. The van der Waals surface area contributed by atoms with Crippen molar-refractivity contribution in [1.29, 1.82) is 0 Å². The van der Waals surface area contributed by atoms with Crippen LogP contribution in [0, 0.1) is 0 Å². The molecule has 2 aromatic rings. The molecule has 0 aromatic carbocycles. The third-order valence-corrected chi connectivity index (χ3v) is 6.09. The van der Waals surface area contributed by atoms with Crippen LogP contribution in [0.4, 0.5) is 0 Å². The predicted molar refractivity (Wildman–Crippen MR) is 120 cm³/mol. The van der Waals surface area contributed by atoms with Gasteiger partial charge >= 0.3 is 5.69 Å². The molecular formula is C22H35N7O2. The monoisotopic (exact) mass is 429 g/mol. The average Bonchev–Trinajstić information content (AvgIpc) is 3.55. The smallest absolute Gasteiger partial charge is 0.345 e. The molecule has 0 aliphatic carbocycles. The van der Waals surface area contributed by atoms with E-state index < -0.39 is 0 Å². The number of guanidine groups is 1. The zero-order chi connectivity index (χ0) is 21.5. The number of hydrogen-bond donors (Lipinski definition) is 2. The molecule has 2 aliphatic heterocycles. The SMILES string of the molecule is CCNC(=NCC(c1ccco1)N1CCCC1)NCCCn1nc2n(c1=O)CCCC2. The molecule has 1 unspecified atom stereocenters. The predicted octanol–water partition coefficient (Wildman–Crippen LogP) is 1.76. The number of fused-ring (bicyclic) bond motifs is 1. The first kappa shape index (κ1) is 21.7. The first-order valence-corrected chi connectivity index (χ1v) is 11.7. The largest absolute Gasteiger partial charge is 0.468 e. The Labute approximate surface area is 183 Å². The Kier molecular flexibility index (Phi) is 7.45. The van der Waals surface area contributed by atoms with E-state index in [0.717, 1.165) is 76.0 Å². The standard InChI is InChI=1S/C22H35N7O2/c1-2-23-21(25-17-18(19-9-7-16-31-19)27-12-5-6-13-27)24-11-8-15-29-22(30)28-14-4-3-10-20(28)26-29/h7,9,16,18H,2-6,8,10-15,17H2,1H3,(H2,23,24,25). The average molecular weight is 430 g/mol. The van der Waals surface area contributed by atoms with E-state index in [1.165, 1.54) is 12.8 Å². The third kappa shape index (κ3) is 5.39. The summed E-state index contributed by atoms with van der Waals surface area (Å²) >= 11 is 0. The maximum Gasteiger partial charge on any atom is 0.345 e. The maximum absolute atomic E-state index is 12.5. The lowest BCUT2D eigenvalue weighted by atomic mass is 10.2. The molecule has 2 aliphatic rings. The lowest BCUT2D eigenvalue weighted by Gasteiger charge is -2.24. The van der Waals surface area contributed by atoms with E-state index in [1.807, 2.05) is 16.7 Å². The van der Waals surface area contributed by atoms with E-state index in [2.05, 4.69) is 27.6 Å². The number of aromatic nitrogens is 3. The summed E-state index contributed by atoms with van der Waals surface area (Å²) in [5, 5.41) is 11.2. The van der Waals surface area contributed by atoms with Gasteiger partial charge in [0.25, 0.3) is 0 Å². The van der Waals surface area contributed by atoms with Gasteiger partial charge in [0.15, 0.2) is 5.96 Å². The molecule has 31 heavy (non-hydrogen) atoms. The molecule has 2 aromatic heterocycles. The Hall–Kier alpha value is -2.55. The van der Waals surface area contributed by atoms with Crippen LogP contribution in [0.3, 0.4) is 0 Å². The first-order valence-electron chi connectivity index (χ1n) is 11.7. The summed E-state index contributed by atoms with van der Waals surface area (Å²) < 4.78 is 9.15. The van der Waals surface area contributed by atoms with Crippen molar-refractivity contribution in [1.82, 2.24) is 29.9 Å². The second-order valence-corrected chi connectivity index (χ2v) is 8.30. The molecule has 1 saturated heterocycles. The normalized spacial score (nSPS) is 18.2. The van der Waals surface area contributed by atoms with Crippen LogP contribution >= 0.6 is 0 Å². The second-order valence-electron chi connectivity index (χ2n) is 8.30. The van der Waals surface area contributed by atoms with E-state index in [4.69, 9.17) is 9.41 Å². The van der Waals surface area contributed by atoms with Crippen molar-refractivity contribution in [3.8, 4) is 0 Å². The Morgan fingerprint density at radius 2 is 2.06 bits per heavy atom. The van der Waals surface area contributed by atoms with E-state index in [9.17, 15) is 4.79 Å². The number of nitrogens with one attached hydrogen (secondary N) is 2. The quantitative estimate of drug-likeness (QED) is 0.358. The summed E-state index contributed by atoms with van der Waals surface area (Å²) in [5.41, 5.74) is 0.0298. The topological polar surface area (TPSA) is 92.6 Å². The molecule has 9 nitrogen and oxygen atoms in total. The molecule has 1 atom stereocenters. The van der Waals surface area contributed by atoms with Gasteiger partial charge in [0.2, 0.25) is 0 Å². The van der Waals surface area contributed by atoms with Gasteiger partial charge in [0.1, 0.15) is 11.6 Å². The summed E-state index contributed by atoms with van der Waals surface area (Å²) in [7, 11) is 0. The van der Waals surface area contributed by atoms with Gasteiger partial charge < -0.3 is 15.1 Å². The highest BCUT2D eigenvalue weighted by Crippen LogP contribution is 2.25. The fourth-order valence-electron chi connectivity index (χ4n) is 4.47. The minimum atomic E-state index is 0.0298. The molecular weight excluding hydrogens is 394 g/mol. The lowest BCUT2D eigenvalue weighted by Crippen LogP contribution is -2.39. The molecule has 0 bridgehead atoms. The highest BCUT2D eigenvalue weighted by molar-refractivity contribution is 5.79. The van der Waals surface area contributed by atoms with Gasteiger partial charge in [-0.15, -0.1) is 0 Å². The van der Waals surface area contributed by atoms with Gasteiger partial charge in [0, 0.05) is 32.6 Å². The van der Waals surface area contributed by atoms with Crippen molar-refractivity contribution in [2.75, 3.05) is 32.7 Å². The molecule has 0 spiro atoms. The van der Waals surface area contributed by atoms with Crippen LogP contribution in [0.5, 0.6) is 0 Å². The van der Waals surface area contributed by atoms with Crippen molar-refractivity contribution < 1.29 is 4.42 Å². The van der Waals surface area contributed by atoms with Crippen molar-refractivity contribution in [2.45, 2.75) is 64.6 Å². The summed E-state index contributed by atoms with van der Waals surface area (Å²) in [6.45, 7) is 7.85. The van der Waals surface area contributed by atoms with Gasteiger partial charge in [-0.1, -0.05) is 0 Å². The van der Waals surface area contributed by atoms with Gasteiger partial charge in [0.05, 0.1) is 18.8 Å². The Bertz CT molecular complexity index is 894. The Morgan fingerprint density at radius 1 is 1.23 bits per heavy atom. The van der Waals surface area contributed by atoms with Crippen molar-refractivity contribution in [3.63, 3.8) is 0 Å². The van der Waals surface area contributed by atoms with Crippen LogP contribution < -0.4 is 16.3 Å². The summed E-state index contributed by atoms with van der Waals surface area (Å²) in [4.78, 5) is 19.7. The van der Waals surface area contributed by atoms with Crippen LogP contribution in [0.1, 0.15) is 56.7 Å². The van der Waals surface area contributed by atoms with Crippen molar-refractivity contribution >= 4 is 5.96 Å². The zero-order valence-corrected chi connectivity index (χ0v) is 18.6. The third-order valence-electron chi connectivity index (χ3n) is 6.09. The van der Waals surface area contributed by atoms with E-state index in [-0.39, 0.29) is 11.7 Å². The van der Waals surface area contributed by atoms with E-state index >= 15 is 0 Å². The number of hydrogen-bond acceptors (Lipinski definition) is 5. The first-order chi connectivity index (χ1) is 15.3. The minimum Gasteiger partial charge on any atom is -0.468 e. The van der Waals surface area contributed by atoms with Crippen molar-refractivity contribution in [3.05, 3.63) is 40.5 Å². The number of rotatable bonds is 9. The van der Waals surface area contributed by atoms with E-state index in [1.54, 1.807) is 10.9 Å². The minimum absolute atomic E-state index is 0.0298. The molecule has 9 heteroatoms. The molecule has 0 saturated carbocycles. The fourth-order valence-corrected chi connectivity index (χ4v) is 4.47. The molecule has 1 fully saturated rings. The van der Waals surface area contributed by atoms with Gasteiger partial charge in [-0.25, -0.2) is 9.48 Å². The highest BCUT2D eigenvalue weighted by atomic mass is 16.3. The summed E-state index contributed by atoms with van der Waals surface area (Å²) in [6.07, 6.45) is 8.11. The molecule has 2 N–H and O–H groups in total. The fraction of sp³-hybridized carbons (Fsp3) is 0.682. The van der Waals surface area contributed by atoms with Gasteiger partial charge in [-0.05, 0) is 64.3 Å². The zero-order valence-electron chi connectivity index (χ0n) is 18.6. The van der Waals surface area contributed by atoms with Crippen LogP contribution in [0.25, 0.3) is 0 Å². The number of likely N-dealkylation sites (tertiary alicyclic amines) is 1. The van der Waals surface area contributed by atoms with Crippen LogP contribution in [0.15, 0.2) is 32.6 Å². The van der Waals surface area contributed by atoms with Crippen LogP contribution in [-0.2, 0) is 19.5 Å². The van der Waals surface area contributed by atoms with E-state index in [0.29, 0.717) is 13.1 Å². The molecule has 170 valence electrons. The number of aliphatic imine (C=N–C) groups is 1. The van der Waals surface area contributed by atoms with Crippen LogP contribution in [-0.4, -0.2) is 57.9 Å². The molecule has 0 amide bonds. The summed E-state index contributed by atoms with van der Waals surface area (Å²) in [6, 6.07) is 4.16. The van der Waals surface area contributed by atoms with Gasteiger partial charge in [-0.2, -0.15) is 5.10 Å². The van der Waals surface area contributed by atoms with Crippen LogP contribution in [0.2, 0.25) is 0 Å². The molecule has 4 rings (SSSR count). The highest BCUT2D eigenvalue weighted by Gasteiger charge is 2.25. The molecule has 4 heterocycles. The Morgan fingerprint density at radius 3 is 2.81 bits per heavy atom. The lowest BCUT2D eigenvalue weighted by molar-refractivity contribution is 0.221. The number of aryl methyl sites for hydroxylation is 2. The Balaban J connectivity index is 1.31. The second kappa shape index (κ2) is 10.7. The molecule has 0 radical (unpaired) electrons. The number of nitrogens with zero attached hydrogens (tertiary/aromatic N) is 5.